The van der Waals surface area contributed by atoms with Gasteiger partial charge in [0.2, 0.25) is 0 Å². The second-order valence-electron chi connectivity index (χ2n) is 5.35. The van der Waals surface area contributed by atoms with Crippen LogP contribution in [0.1, 0.15) is 13.8 Å². The molecule has 19 heavy (non-hydrogen) atoms. The van der Waals surface area contributed by atoms with E-state index in [0.29, 0.717) is 19.1 Å². The molecule has 112 valence electrons. The van der Waals surface area contributed by atoms with E-state index in [1.165, 1.54) is 0 Å². The molecular weight excluding hydrogens is 247 g/mol. The first-order valence-electron chi connectivity index (χ1n) is 6.86. The van der Waals surface area contributed by atoms with E-state index >= 15 is 0 Å². The summed E-state index contributed by atoms with van der Waals surface area (Å²) in [6.07, 6.45) is -0.164. The minimum atomic E-state index is -0.0976. The molecule has 6 heteroatoms. The molecule has 0 aromatic heterocycles. The van der Waals surface area contributed by atoms with Gasteiger partial charge >= 0.3 is 0 Å². The zero-order valence-corrected chi connectivity index (χ0v) is 12.9. The molecular formula is C13H27BO5. The van der Waals surface area contributed by atoms with Crippen LogP contribution in [0, 0.1) is 5.92 Å². The van der Waals surface area contributed by atoms with Crippen LogP contribution in [0.2, 0.25) is 0 Å². The predicted molar refractivity (Wildman–Crippen MR) is 75.3 cm³/mol. The first kappa shape index (κ1) is 16.9. The first-order valence-corrected chi connectivity index (χ1v) is 6.86. The maximum atomic E-state index is 5.98. The summed E-state index contributed by atoms with van der Waals surface area (Å²) >= 11 is 0. The second-order valence-corrected chi connectivity index (χ2v) is 5.35. The highest BCUT2D eigenvalue weighted by atomic mass is 16.6. The second kappa shape index (κ2) is 8.22. The number of methoxy groups -OCH3 is 3. The van der Waals surface area contributed by atoms with Crippen LogP contribution in [0.3, 0.4) is 0 Å². The minimum absolute atomic E-state index is 0.00484. The van der Waals surface area contributed by atoms with Gasteiger partial charge < -0.3 is 23.7 Å². The Bertz CT molecular complexity index is 251. The molecule has 0 aromatic rings. The highest BCUT2D eigenvalue weighted by molar-refractivity contribution is 6.11. The van der Waals surface area contributed by atoms with Gasteiger partial charge in [0.05, 0.1) is 25.3 Å². The third-order valence-corrected chi connectivity index (χ3v) is 3.64. The SMILES string of the molecule is B[C@@H]1O[C@H](COC)C(OC)[C@@H]1OC[C@@H](OC)C(C)C. The molecule has 0 radical (unpaired) electrons. The van der Waals surface area contributed by atoms with E-state index in [-0.39, 0.29) is 30.4 Å². The third-order valence-electron chi connectivity index (χ3n) is 3.64. The standard InChI is InChI=1S/C13H27BO5/c1-8(2)9(16-4)7-18-12-11(17-5)10(6-15-3)19-13(12)14/h8-13H,6-7,14H2,1-5H3/t9-,10-,11?,12+,13-/m1/s1. The topological polar surface area (TPSA) is 46.2 Å². The first-order chi connectivity index (χ1) is 9.04. The molecule has 0 N–H and O–H groups in total. The summed E-state index contributed by atoms with van der Waals surface area (Å²) < 4.78 is 27.9. The van der Waals surface area contributed by atoms with Gasteiger partial charge in [-0.25, -0.2) is 0 Å². The van der Waals surface area contributed by atoms with Crippen molar-refractivity contribution in [2.24, 2.45) is 5.92 Å². The fraction of sp³-hybridized carbons (Fsp3) is 1.00. The quantitative estimate of drug-likeness (QED) is 0.586. The van der Waals surface area contributed by atoms with Gasteiger partial charge in [0.15, 0.2) is 0 Å². The van der Waals surface area contributed by atoms with Gasteiger partial charge in [-0.1, -0.05) is 13.8 Å². The summed E-state index contributed by atoms with van der Waals surface area (Å²) in [7, 11) is 7.06. The molecule has 0 spiro atoms. The van der Waals surface area contributed by atoms with Crippen molar-refractivity contribution in [3.63, 3.8) is 0 Å². The Morgan fingerprint density at radius 1 is 1.16 bits per heavy atom. The number of ether oxygens (including phenoxy) is 5. The average Bonchev–Trinajstić information content (AvgIpc) is 2.66. The van der Waals surface area contributed by atoms with E-state index < -0.39 is 0 Å². The Hall–Kier alpha value is -0.135. The normalized spacial score (nSPS) is 32.9. The van der Waals surface area contributed by atoms with Gasteiger partial charge in [0, 0.05) is 21.3 Å². The fourth-order valence-corrected chi connectivity index (χ4v) is 2.46. The molecule has 5 atom stereocenters. The summed E-state index contributed by atoms with van der Waals surface area (Å²) in [6.45, 7) is 5.30. The molecule has 0 saturated carbocycles. The van der Waals surface area contributed by atoms with Gasteiger partial charge in [0.25, 0.3) is 0 Å². The van der Waals surface area contributed by atoms with Crippen LogP contribution >= 0.6 is 0 Å². The molecule has 1 saturated heterocycles. The molecule has 0 aliphatic carbocycles. The van der Waals surface area contributed by atoms with Crippen LogP contribution in [0.15, 0.2) is 0 Å². The van der Waals surface area contributed by atoms with E-state index in [1.54, 1.807) is 21.3 Å². The van der Waals surface area contributed by atoms with Crippen molar-refractivity contribution in [1.29, 1.82) is 0 Å². The summed E-state index contributed by atoms with van der Waals surface area (Å²) in [5.41, 5.74) is 0. The molecule has 1 aliphatic heterocycles. The predicted octanol–water partition coefficient (Wildman–Crippen LogP) is 0.0620. The van der Waals surface area contributed by atoms with E-state index in [0.717, 1.165) is 0 Å². The van der Waals surface area contributed by atoms with Crippen LogP contribution in [0.5, 0.6) is 0 Å². The van der Waals surface area contributed by atoms with Gasteiger partial charge in [0.1, 0.15) is 26.2 Å². The molecule has 5 nitrogen and oxygen atoms in total. The molecule has 1 fully saturated rings. The van der Waals surface area contributed by atoms with Crippen molar-refractivity contribution in [1.82, 2.24) is 0 Å². The number of rotatable bonds is 8. The highest BCUT2D eigenvalue weighted by Crippen LogP contribution is 2.25. The Morgan fingerprint density at radius 3 is 2.32 bits per heavy atom. The Labute approximate surface area is 117 Å². The van der Waals surface area contributed by atoms with Gasteiger partial charge in [-0.2, -0.15) is 0 Å². The van der Waals surface area contributed by atoms with E-state index in [4.69, 9.17) is 23.7 Å². The van der Waals surface area contributed by atoms with Gasteiger partial charge in [-0.3, -0.25) is 0 Å². The lowest BCUT2D eigenvalue weighted by Gasteiger charge is -2.26. The molecule has 1 unspecified atom stereocenters. The number of hydrogen-bond acceptors (Lipinski definition) is 5. The zero-order valence-electron chi connectivity index (χ0n) is 12.9. The fourth-order valence-electron chi connectivity index (χ4n) is 2.46. The maximum Gasteiger partial charge on any atom is 0.142 e. The summed E-state index contributed by atoms with van der Waals surface area (Å²) in [6, 6.07) is -0.00484. The minimum Gasteiger partial charge on any atom is -0.382 e. The van der Waals surface area contributed by atoms with Crippen molar-refractivity contribution >= 4 is 7.85 Å². The Morgan fingerprint density at radius 2 is 1.84 bits per heavy atom. The monoisotopic (exact) mass is 274 g/mol. The lowest BCUT2D eigenvalue weighted by Crippen LogP contribution is -2.40. The summed E-state index contributed by atoms with van der Waals surface area (Å²) in [5.74, 6) is 0.415. The number of hydrogen-bond donors (Lipinski definition) is 0. The van der Waals surface area contributed by atoms with E-state index in [9.17, 15) is 0 Å². The Kier molecular flexibility index (Phi) is 7.32. The van der Waals surface area contributed by atoms with Gasteiger partial charge in [-0.05, 0) is 5.92 Å². The molecule has 1 heterocycles. The van der Waals surface area contributed by atoms with Crippen molar-refractivity contribution in [3.8, 4) is 0 Å². The molecule has 1 rings (SSSR count). The van der Waals surface area contributed by atoms with Crippen LogP contribution in [-0.2, 0) is 23.7 Å². The van der Waals surface area contributed by atoms with Crippen molar-refractivity contribution in [2.75, 3.05) is 34.5 Å². The van der Waals surface area contributed by atoms with E-state index in [2.05, 4.69) is 13.8 Å². The van der Waals surface area contributed by atoms with Crippen molar-refractivity contribution < 1.29 is 23.7 Å². The third kappa shape index (κ3) is 4.43. The lowest BCUT2D eigenvalue weighted by molar-refractivity contribution is -0.0870. The van der Waals surface area contributed by atoms with Crippen LogP contribution < -0.4 is 0 Å². The largest absolute Gasteiger partial charge is 0.382 e. The van der Waals surface area contributed by atoms with Crippen LogP contribution in [0.25, 0.3) is 0 Å². The van der Waals surface area contributed by atoms with Crippen LogP contribution in [0.4, 0.5) is 0 Å². The molecule has 1 aliphatic rings. The lowest BCUT2D eigenvalue weighted by atomic mass is 9.92. The van der Waals surface area contributed by atoms with Crippen LogP contribution in [-0.4, -0.2) is 72.8 Å². The molecule has 0 aromatic carbocycles. The molecule has 0 bridgehead atoms. The highest BCUT2D eigenvalue weighted by Gasteiger charge is 2.43. The van der Waals surface area contributed by atoms with E-state index in [1.807, 2.05) is 7.85 Å². The summed E-state index contributed by atoms with van der Waals surface area (Å²) in [5, 5.41) is 0. The van der Waals surface area contributed by atoms with Crippen molar-refractivity contribution in [2.45, 2.75) is 44.3 Å². The average molecular weight is 274 g/mol. The zero-order chi connectivity index (χ0) is 14.4. The Balaban J connectivity index is 2.55. The smallest absolute Gasteiger partial charge is 0.142 e. The molecule has 0 amide bonds. The maximum absolute atomic E-state index is 5.98. The van der Waals surface area contributed by atoms with Gasteiger partial charge in [-0.15, -0.1) is 0 Å². The van der Waals surface area contributed by atoms with Crippen molar-refractivity contribution in [3.05, 3.63) is 0 Å². The summed E-state index contributed by atoms with van der Waals surface area (Å²) in [4.78, 5) is 0.